The standard InChI is InChI=1S/C17H16FNO3/c1-11-6-5-7-13(10-11)17(21)22-12(2)16(20)19-15-9-4-3-8-14(15)18/h3-10,12H,1-2H3,(H,19,20)/t12-/m1/s1. The zero-order valence-electron chi connectivity index (χ0n) is 12.3. The maximum absolute atomic E-state index is 13.5. The molecule has 0 unspecified atom stereocenters. The van der Waals surface area contributed by atoms with E-state index in [1.54, 1.807) is 24.3 Å². The third-order valence-electron chi connectivity index (χ3n) is 3.04. The summed E-state index contributed by atoms with van der Waals surface area (Å²) in [6.07, 6.45) is -1.03. The fourth-order valence-electron chi connectivity index (χ4n) is 1.85. The quantitative estimate of drug-likeness (QED) is 0.881. The van der Waals surface area contributed by atoms with Crippen LogP contribution in [0.2, 0.25) is 0 Å². The Balaban J connectivity index is 1.99. The van der Waals surface area contributed by atoms with Gasteiger partial charge in [-0.1, -0.05) is 29.8 Å². The molecule has 0 spiro atoms. The summed E-state index contributed by atoms with van der Waals surface area (Å²) in [5.74, 6) is -1.74. The number of aryl methyl sites for hydroxylation is 1. The fourth-order valence-corrected chi connectivity index (χ4v) is 1.85. The smallest absolute Gasteiger partial charge is 0.338 e. The Labute approximate surface area is 127 Å². The van der Waals surface area contributed by atoms with Crippen molar-refractivity contribution in [2.75, 3.05) is 5.32 Å². The number of esters is 1. The number of amides is 1. The number of para-hydroxylation sites is 1. The number of carbonyl (C=O) groups is 2. The van der Waals surface area contributed by atoms with Crippen LogP contribution in [-0.2, 0) is 9.53 Å². The molecule has 1 atom stereocenters. The lowest BCUT2D eigenvalue weighted by Crippen LogP contribution is -2.30. The van der Waals surface area contributed by atoms with Crippen molar-refractivity contribution in [2.45, 2.75) is 20.0 Å². The van der Waals surface area contributed by atoms with Crippen LogP contribution in [0.3, 0.4) is 0 Å². The van der Waals surface area contributed by atoms with E-state index in [1.807, 2.05) is 13.0 Å². The van der Waals surface area contributed by atoms with E-state index in [1.165, 1.54) is 25.1 Å². The summed E-state index contributed by atoms with van der Waals surface area (Å²) in [7, 11) is 0. The Kier molecular flexibility index (Phi) is 4.88. The topological polar surface area (TPSA) is 55.4 Å². The first-order chi connectivity index (χ1) is 10.5. The Hall–Kier alpha value is -2.69. The predicted octanol–water partition coefficient (Wildman–Crippen LogP) is 3.32. The van der Waals surface area contributed by atoms with Gasteiger partial charge in [0.05, 0.1) is 11.3 Å². The van der Waals surface area contributed by atoms with Crippen molar-refractivity contribution in [3.63, 3.8) is 0 Å². The number of anilines is 1. The number of rotatable bonds is 4. The molecule has 2 aromatic rings. The number of carbonyl (C=O) groups excluding carboxylic acids is 2. The first-order valence-electron chi connectivity index (χ1n) is 6.80. The number of halogens is 1. The molecular formula is C17H16FNO3. The maximum atomic E-state index is 13.5. The molecule has 0 fully saturated rings. The molecular weight excluding hydrogens is 285 g/mol. The molecule has 0 bridgehead atoms. The minimum absolute atomic E-state index is 0.0472. The zero-order valence-corrected chi connectivity index (χ0v) is 12.3. The Morgan fingerprint density at radius 2 is 1.86 bits per heavy atom. The molecule has 2 rings (SSSR count). The van der Waals surface area contributed by atoms with Crippen molar-refractivity contribution >= 4 is 17.6 Å². The molecule has 0 aliphatic heterocycles. The van der Waals surface area contributed by atoms with E-state index >= 15 is 0 Å². The third kappa shape index (κ3) is 3.91. The number of nitrogens with one attached hydrogen (secondary N) is 1. The van der Waals surface area contributed by atoms with Crippen LogP contribution in [0.15, 0.2) is 48.5 Å². The van der Waals surface area contributed by atoms with E-state index in [2.05, 4.69) is 5.32 Å². The molecule has 22 heavy (non-hydrogen) atoms. The van der Waals surface area contributed by atoms with Gasteiger partial charge in [-0.2, -0.15) is 0 Å². The second-order valence-corrected chi connectivity index (χ2v) is 4.89. The van der Waals surface area contributed by atoms with E-state index < -0.39 is 23.8 Å². The van der Waals surface area contributed by atoms with Crippen LogP contribution in [-0.4, -0.2) is 18.0 Å². The minimum atomic E-state index is -1.03. The molecule has 4 nitrogen and oxygen atoms in total. The second-order valence-electron chi connectivity index (χ2n) is 4.89. The van der Waals surface area contributed by atoms with E-state index in [-0.39, 0.29) is 5.69 Å². The lowest BCUT2D eigenvalue weighted by atomic mass is 10.1. The molecule has 0 aromatic heterocycles. The Morgan fingerprint density at radius 1 is 1.14 bits per heavy atom. The van der Waals surface area contributed by atoms with Crippen molar-refractivity contribution in [3.8, 4) is 0 Å². The molecule has 0 saturated heterocycles. The van der Waals surface area contributed by atoms with Crippen LogP contribution >= 0.6 is 0 Å². The van der Waals surface area contributed by atoms with E-state index in [9.17, 15) is 14.0 Å². The highest BCUT2D eigenvalue weighted by Crippen LogP contribution is 2.14. The van der Waals surface area contributed by atoms with Gasteiger partial charge in [0.15, 0.2) is 6.10 Å². The van der Waals surface area contributed by atoms with Crippen LogP contribution < -0.4 is 5.32 Å². The fraction of sp³-hybridized carbons (Fsp3) is 0.176. The van der Waals surface area contributed by atoms with Gasteiger partial charge in [-0.3, -0.25) is 4.79 Å². The molecule has 0 saturated carbocycles. The minimum Gasteiger partial charge on any atom is -0.449 e. The van der Waals surface area contributed by atoms with Crippen LogP contribution in [0.1, 0.15) is 22.8 Å². The third-order valence-corrected chi connectivity index (χ3v) is 3.04. The van der Waals surface area contributed by atoms with Gasteiger partial charge in [0, 0.05) is 0 Å². The maximum Gasteiger partial charge on any atom is 0.338 e. The van der Waals surface area contributed by atoms with Crippen LogP contribution in [0.5, 0.6) is 0 Å². The number of ether oxygens (including phenoxy) is 1. The average Bonchev–Trinajstić information content (AvgIpc) is 2.49. The van der Waals surface area contributed by atoms with Gasteiger partial charge < -0.3 is 10.1 Å². The summed E-state index contributed by atoms with van der Waals surface area (Å²) in [5, 5.41) is 2.39. The van der Waals surface area contributed by atoms with Crippen molar-refractivity contribution in [1.82, 2.24) is 0 Å². The van der Waals surface area contributed by atoms with Gasteiger partial charge in [-0.25, -0.2) is 9.18 Å². The van der Waals surface area contributed by atoms with Gasteiger partial charge in [0.2, 0.25) is 0 Å². The number of hydrogen-bond acceptors (Lipinski definition) is 3. The highest BCUT2D eigenvalue weighted by atomic mass is 19.1. The van der Waals surface area contributed by atoms with Crippen LogP contribution in [0, 0.1) is 12.7 Å². The number of benzene rings is 2. The van der Waals surface area contributed by atoms with Crippen LogP contribution in [0.4, 0.5) is 10.1 Å². The van der Waals surface area contributed by atoms with Crippen molar-refractivity contribution in [3.05, 3.63) is 65.5 Å². The average molecular weight is 301 g/mol. The molecule has 0 aliphatic rings. The summed E-state index contributed by atoms with van der Waals surface area (Å²) in [5.41, 5.74) is 1.33. The first kappa shape index (κ1) is 15.7. The van der Waals surface area contributed by atoms with Gasteiger partial charge >= 0.3 is 5.97 Å². The highest BCUT2D eigenvalue weighted by molar-refractivity contribution is 5.97. The summed E-state index contributed by atoms with van der Waals surface area (Å²) in [4.78, 5) is 23.9. The molecule has 2 aromatic carbocycles. The lowest BCUT2D eigenvalue weighted by molar-refractivity contribution is -0.123. The molecule has 114 valence electrons. The van der Waals surface area contributed by atoms with E-state index in [0.29, 0.717) is 5.56 Å². The Morgan fingerprint density at radius 3 is 2.55 bits per heavy atom. The largest absolute Gasteiger partial charge is 0.449 e. The highest BCUT2D eigenvalue weighted by Gasteiger charge is 2.19. The van der Waals surface area contributed by atoms with Gasteiger partial charge in [0.1, 0.15) is 5.82 Å². The van der Waals surface area contributed by atoms with Crippen molar-refractivity contribution in [1.29, 1.82) is 0 Å². The van der Waals surface area contributed by atoms with Crippen molar-refractivity contribution in [2.24, 2.45) is 0 Å². The molecule has 0 aliphatic carbocycles. The first-order valence-corrected chi connectivity index (χ1v) is 6.80. The monoisotopic (exact) mass is 301 g/mol. The van der Waals surface area contributed by atoms with Gasteiger partial charge in [0.25, 0.3) is 5.91 Å². The second kappa shape index (κ2) is 6.85. The normalized spacial score (nSPS) is 11.6. The molecule has 5 heteroatoms. The molecule has 0 heterocycles. The van der Waals surface area contributed by atoms with Crippen molar-refractivity contribution < 1.29 is 18.7 Å². The molecule has 1 N–H and O–H groups in total. The van der Waals surface area contributed by atoms with Gasteiger partial charge in [-0.05, 0) is 38.1 Å². The van der Waals surface area contributed by atoms with Crippen LogP contribution in [0.25, 0.3) is 0 Å². The predicted molar refractivity (Wildman–Crippen MR) is 81.1 cm³/mol. The zero-order chi connectivity index (χ0) is 16.1. The summed E-state index contributed by atoms with van der Waals surface area (Å²) >= 11 is 0. The SMILES string of the molecule is Cc1cccc(C(=O)O[C@H](C)C(=O)Nc2ccccc2F)c1. The van der Waals surface area contributed by atoms with E-state index in [0.717, 1.165) is 5.56 Å². The molecule has 0 radical (unpaired) electrons. The van der Waals surface area contributed by atoms with Gasteiger partial charge in [-0.15, -0.1) is 0 Å². The number of hydrogen-bond donors (Lipinski definition) is 1. The summed E-state index contributed by atoms with van der Waals surface area (Å²) in [6.45, 7) is 3.29. The lowest BCUT2D eigenvalue weighted by Gasteiger charge is -2.14. The summed E-state index contributed by atoms with van der Waals surface area (Å²) in [6, 6.07) is 12.7. The molecule has 1 amide bonds. The Bertz CT molecular complexity index is 700. The summed E-state index contributed by atoms with van der Waals surface area (Å²) < 4.78 is 18.6. The van der Waals surface area contributed by atoms with E-state index in [4.69, 9.17) is 4.74 Å².